The Morgan fingerprint density at radius 2 is 2.19 bits per heavy atom. The molecule has 2 rings (SSSR count). The fourth-order valence-electron chi connectivity index (χ4n) is 1.82. The van der Waals surface area contributed by atoms with Crippen LogP contribution in [0.3, 0.4) is 0 Å². The lowest BCUT2D eigenvalue weighted by Crippen LogP contribution is -2.29. The van der Waals surface area contributed by atoms with E-state index in [1.165, 1.54) is 9.75 Å². The van der Waals surface area contributed by atoms with Gasteiger partial charge in [-0.05, 0) is 32.0 Å². The summed E-state index contributed by atoms with van der Waals surface area (Å²) < 4.78 is 1.87. The van der Waals surface area contributed by atoms with Crippen molar-refractivity contribution in [2.24, 2.45) is 12.9 Å². The Kier molecular flexibility index (Phi) is 3.09. The molecule has 0 aliphatic carbocycles. The Morgan fingerprint density at radius 1 is 1.44 bits per heavy atom. The normalized spacial score (nSPS) is 13.0. The molecule has 0 spiro atoms. The molecule has 0 bridgehead atoms. The van der Waals surface area contributed by atoms with Gasteiger partial charge < -0.3 is 0 Å². The molecule has 2 aromatic heterocycles. The van der Waals surface area contributed by atoms with Crippen molar-refractivity contribution in [3.8, 4) is 0 Å². The molecule has 0 fully saturated rings. The summed E-state index contributed by atoms with van der Waals surface area (Å²) in [7, 11) is 1.94. The third-order valence-electron chi connectivity index (χ3n) is 2.55. The van der Waals surface area contributed by atoms with Crippen LogP contribution >= 0.6 is 11.3 Å². The highest BCUT2D eigenvalue weighted by Gasteiger charge is 2.18. The van der Waals surface area contributed by atoms with E-state index in [1.54, 1.807) is 11.3 Å². The van der Waals surface area contributed by atoms with Gasteiger partial charge in [0.2, 0.25) is 0 Å². The average Bonchev–Trinajstić information content (AvgIpc) is 2.76. The van der Waals surface area contributed by atoms with Crippen molar-refractivity contribution in [1.82, 2.24) is 15.2 Å². The molecule has 1 unspecified atom stereocenters. The van der Waals surface area contributed by atoms with E-state index < -0.39 is 0 Å². The minimum absolute atomic E-state index is 0.0184. The van der Waals surface area contributed by atoms with Crippen LogP contribution < -0.4 is 11.3 Å². The molecule has 2 heterocycles. The van der Waals surface area contributed by atoms with Gasteiger partial charge in [0.05, 0.1) is 17.4 Å². The van der Waals surface area contributed by atoms with Crippen LogP contribution in [0.15, 0.2) is 18.2 Å². The van der Waals surface area contributed by atoms with E-state index in [1.807, 2.05) is 18.7 Å². The lowest BCUT2D eigenvalue weighted by Gasteiger charge is -2.14. The second kappa shape index (κ2) is 4.37. The van der Waals surface area contributed by atoms with Gasteiger partial charge in [-0.2, -0.15) is 5.10 Å². The maximum atomic E-state index is 5.64. The Hall–Kier alpha value is -1.17. The Balaban J connectivity index is 2.40. The summed E-state index contributed by atoms with van der Waals surface area (Å²) in [6.07, 6.45) is 0. The zero-order valence-electron chi connectivity index (χ0n) is 9.69. The molecule has 3 N–H and O–H groups in total. The molecule has 2 aromatic rings. The molecule has 0 aromatic carbocycles. The van der Waals surface area contributed by atoms with Crippen LogP contribution in [0.5, 0.6) is 0 Å². The summed E-state index contributed by atoms with van der Waals surface area (Å²) in [5.74, 6) is 5.64. The average molecular weight is 236 g/mol. The number of hydrogen-bond acceptors (Lipinski definition) is 4. The molecule has 1 atom stereocenters. The Morgan fingerprint density at radius 3 is 2.62 bits per heavy atom. The number of hydrogen-bond donors (Lipinski definition) is 2. The summed E-state index contributed by atoms with van der Waals surface area (Å²) in [4.78, 5) is 2.50. The van der Waals surface area contributed by atoms with Gasteiger partial charge >= 0.3 is 0 Å². The Labute approximate surface area is 99.1 Å². The minimum atomic E-state index is 0.0184. The first-order chi connectivity index (χ1) is 7.61. The van der Waals surface area contributed by atoms with Crippen molar-refractivity contribution >= 4 is 11.3 Å². The van der Waals surface area contributed by atoms with E-state index >= 15 is 0 Å². The molecule has 0 amide bonds. The maximum absolute atomic E-state index is 5.64. The molecule has 4 nitrogen and oxygen atoms in total. The topological polar surface area (TPSA) is 55.9 Å². The van der Waals surface area contributed by atoms with Crippen LogP contribution in [0.2, 0.25) is 0 Å². The predicted octanol–water partition coefficient (Wildman–Crippen LogP) is 1.65. The van der Waals surface area contributed by atoms with E-state index in [0.717, 1.165) is 11.4 Å². The quantitative estimate of drug-likeness (QED) is 0.629. The fraction of sp³-hybridized carbons (Fsp3) is 0.364. The lowest BCUT2D eigenvalue weighted by atomic mass is 10.1. The second-order valence-electron chi connectivity index (χ2n) is 3.88. The molecule has 0 saturated carbocycles. The molecular formula is C11H16N4S. The van der Waals surface area contributed by atoms with Gasteiger partial charge in [0, 0.05) is 16.8 Å². The van der Waals surface area contributed by atoms with Crippen LogP contribution in [0, 0.1) is 13.8 Å². The predicted molar refractivity (Wildman–Crippen MR) is 66.2 cm³/mol. The summed E-state index contributed by atoms with van der Waals surface area (Å²) in [5.41, 5.74) is 4.94. The molecule has 16 heavy (non-hydrogen) atoms. The van der Waals surface area contributed by atoms with Gasteiger partial charge in [0.25, 0.3) is 0 Å². The van der Waals surface area contributed by atoms with Gasteiger partial charge in [0.1, 0.15) is 0 Å². The van der Waals surface area contributed by atoms with Crippen LogP contribution in [-0.4, -0.2) is 9.78 Å². The number of rotatable bonds is 3. The maximum Gasteiger partial charge on any atom is 0.0970 e. The summed E-state index contributed by atoms with van der Waals surface area (Å²) in [5, 5.41) is 4.34. The van der Waals surface area contributed by atoms with Gasteiger partial charge in [-0.1, -0.05) is 0 Å². The summed E-state index contributed by atoms with van der Waals surface area (Å²) in [6, 6.07) is 6.28. The van der Waals surface area contributed by atoms with Crippen LogP contribution in [-0.2, 0) is 7.05 Å². The van der Waals surface area contributed by atoms with Gasteiger partial charge in [-0.15, -0.1) is 11.3 Å². The van der Waals surface area contributed by atoms with Crippen molar-refractivity contribution in [2.45, 2.75) is 19.9 Å². The lowest BCUT2D eigenvalue weighted by molar-refractivity contribution is 0.581. The third-order valence-corrected chi connectivity index (χ3v) is 3.61. The number of aryl methyl sites for hydroxylation is 3. The zero-order chi connectivity index (χ0) is 11.7. The second-order valence-corrected chi connectivity index (χ2v) is 5.20. The smallest absolute Gasteiger partial charge is 0.0970 e. The van der Waals surface area contributed by atoms with E-state index in [9.17, 15) is 0 Å². The van der Waals surface area contributed by atoms with E-state index in [4.69, 9.17) is 5.84 Å². The van der Waals surface area contributed by atoms with Crippen LogP contribution in [0.4, 0.5) is 0 Å². The molecule has 0 aliphatic rings. The van der Waals surface area contributed by atoms with E-state index in [-0.39, 0.29) is 6.04 Å². The van der Waals surface area contributed by atoms with Crippen molar-refractivity contribution in [3.05, 3.63) is 39.3 Å². The zero-order valence-corrected chi connectivity index (χ0v) is 10.5. The number of nitrogens with one attached hydrogen (secondary N) is 1. The third kappa shape index (κ3) is 2.02. The summed E-state index contributed by atoms with van der Waals surface area (Å²) in [6.45, 7) is 4.08. The number of hydrazine groups is 1. The minimum Gasteiger partial charge on any atom is -0.270 e. The van der Waals surface area contributed by atoms with Crippen molar-refractivity contribution in [3.63, 3.8) is 0 Å². The van der Waals surface area contributed by atoms with Crippen molar-refractivity contribution < 1.29 is 0 Å². The van der Waals surface area contributed by atoms with Gasteiger partial charge in [0.15, 0.2) is 0 Å². The number of nitrogens with two attached hydrogens (primary N) is 1. The largest absolute Gasteiger partial charge is 0.270 e. The number of nitrogens with zero attached hydrogens (tertiary/aromatic N) is 2. The highest BCUT2D eigenvalue weighted by molar-refractivity contribution is 7.12. The first kappa shape index (κ1) is 11.3. The molecule has 0 aliphatic heterocycles. The number of aromatic nitrogens is 2. The van der Waals surface area contributed by atoms with Crippen molar-refractivity contribution in [1.29, 1.82) is 0 Å². The first-order valence-electron chi connectivity index (χ1n) is 5.15. The standard InChI is InChI=1S/C11H16N4S/c1-7-6-9(15(3)14-7)11(13-12)10-5-4-8(2)16-10/h4-6,11,13H,12H2,1-3H3. The monoisotopic (exact) mass is 236 g/mol. The first-order valence-corrected chi connectivity index (χ1v) is 5.96. The molecule has 0 radical (unpaired) electrons. The highest BCUT2D eigenvalue weighted by atomic mass is 32.1. The molecule has 86 valence electrons. The van der Waals surface area contributed by atoms with Gasteiger partial charge in [-0.25, -0.2) is 5.43 Å². The summed E-state index contributed by atoms with van der Waals surface area (Å²) >= 11 is 1.75. The van der Waals surface area contributed by atoms with Crippen molar-refractivity contribution in [2.75, 3.05) is 0 Å². The molecular weight excluding hydrogens is 220 g/mol. The molecule has 0 saturated heterocycles. The van der Waals surface area contributed by atoms with Crippen LogP contribution in [0.25, 0.3) is 0 Å². The molecule has 5 heteroatoms. The number of thiophene rings is 1. The fourth-order valence-corrected chi connectivity index (χ4v) is 2.77. The Bertz CT molecular complexity index is 486. The SMILES string of the molecule is Cc1cc(C(NN)c2ccc(C)s2)n(C)n1. The van der Waals surface area contributed by atoms with E-state index in [0.29, 0.717) is 0 Å². The van der Waals surface area contributed by atoms with Crippen LogP contribution in [0.1, 0.15) is 27.2 Å². The van der Waals surface area contributed by atoms with Gasteiger partial charge in [-0.3, -0.25) is 10.5 Å². The van der Waals surface area contributed by atoms with E-state index in [2.05, 4.69) is 35.6 Å². The highest BCUT2D eigenvalue weighted by Crippen LogP contribution is 2.27.